The summed E-state index contributed by atoms with van der Waals surface area (Å²) in [4.78, 5) is 0. The molecular formula is C2H4F2O6S2. The highest BCUT2D eigenvalue weighted by atomic mass is 32.3. The van der Waals surface area contributed by atoms with Gasteiger partial charge in [0.2, 0.25) is 0 Å². The zero-order chi connectivity index (χ0) is 10.2. The van der Waals surface area contributed by atoms with E-state index >= 15 is 0 Å². The van der Waals surface area contributed by atoms with Crippen LogP contribution >= 0.6 is 0 Å². The van der Waals surface area contributed by atoms with Crippen molar-refractivity contribution >= 4 is 20.2 Å². The molecular weight excluding hydrogens is 222 g/mol. The second-order valence-corrected chi connectivity index (χ2v) is 5.20. The first-order chi connectivity index (χ1) is 5.06. The summed E-state index contributed by atoms with van der Waals surface area (Å²) in [7, 11) is -11.7. The average molecular weight is 226 g/mol. The van der Waals surface area contributed by atoms with Crippen LogP contribution in [0.3, 0.4) is 0 Å². The van der Waals surface area contributed by atoms with Crippen LogP contribution in [-0.4, -0.2) is 36.9 Å². The van der Waals surface area contributed by atoms with Crippen molar-refractivity contribution in [2.45, 2.75) is 4.33 Å². The molecule has 10 heteroatoms. The van der Waals surface area contributed by atoms with E-state index in [1.54, 1.807) is 0 Å². The van der Waals surface area contributed by atoms with Gasteiger partial charge in [0, 0.05) is 0 Å². The molecule has 12 heavy (non-hydrogen) atoms. The molecule has 0 saturated heterocycles. The third kappa shape index (κ3) is 1.71. The molecule has 0 aliphatic rings. The maximum Gasteiger partial charge on any atom is 0.385 e. The van der Waals surface area contributed by atoms with E-state index in [1.165, 1.54) is 0 Å². The van der Waals surface area contributed by atoms with Gasteiger partial charge in [0.1, 0.15) is 0 Å². The summed E-state index contributed by atoms with van der Waals surface area (Å²) in [6, 6.07) is 0. The van der Waals surface area contributed by atoms with Gasteiger partial charge in [0.05, 0.1) is 0 Å². The summed E-state index contributed by atoms with van der Waals surface area (Å²) in [6.07, 6.45) is 0. The molecule has 0 aromatic heterocycles. The molecule has 74 valence electrons. The first kappa shape index (κ1) is 11.7. The van der Waals surface area contributed by atoms with Gasteiger partial charge in [-0.25, -0.2) is 4.39 Å². The van der Waals surface area contributed by atoms with Gasteiger partial charge in [0.15, 0.2) is 6.67 Å². The molecule has 0 spiro atoms. The molecule has 0 bridgehead atoms. The van der Waals surface area contributed by atoms with E-state index in [-0.39, 0.29) is 0 Å². The first-order valence-corrected chi connectivity index (χ1v) is 5.13. The van der Waals surface area contributed by atoms with Crippen LogP contribution in [0.2, 0.25) is 0 Å². The molecule has 0 unspecified atom stereocenters. The summed E-state index contributed by atoms with van der Waals surface area (Å²) in [5.41, 5.74) is 0. The molecule has 0 atom stereocenters. The topological polar surface area (TPSA) is 109 Å². The van der Waals surface area contributed by atoms with Crippen LogP contribution < -0.4 is 0 Å². The lowest BCUT2D eigenvalue weighted by Gasteiger charge is -2.13. The normalized spacial score (nSPS) is 14.7. The number of rotatable bonds is 3. The third-order valence-electron chi connectivity index (χ3n) is 0.930. The number of halogens is 2. The molecule has 0 aromatic rings. The average Bonchev–Trinajstić information content (AvgIpc) is 1.81. The Balaban J connectivity index is 5.58. The van der Waals surface area contributed by atoms with E-state index in [4.69, 9.17) is 9.11 Å². The van der Waals surface area contributed by atoms with Crippen molar-refractivity contribution < 1.29 is 34.7 Å². The quantitative estimate of drug-likeness (QED) is 0.619. The van der Waals surface area contributed by atoms with Crippen LogP contribution in [0.4, 0.5) is 8.78 Å². The van der Waals surface area contributed by atoms with Crippen molar-refractivity contribution in [2.75, 3.05) is 6.67 Å². The minimum Gasteiger partial charge on any atom is -0.282 e. The fraction of sp³-hybridized carbons (Fsp3) is 1.00. The molecule has 2 N–H and O–H groups in total. The molecule has 0 saturated carbocycles. The van der Waals surface area contributed by atoms with Gasteiger partial charge in [-0.15, -0.1) is 0 Å². The summed E-state index contributed by atoms with van der Waals surface area (Å²) in [5.74, 6) is 0. The zero-order valence-corrected chi connectivity index (χ0v) is 6.94. The molecule has 0 rings (SSSR count). The van der Waals surface area contributed by atoms with Gasteiger partial charge in [-0.3, -0.25) is 9.11 Å². The van der Waals surface area contributed by atoms with Crippen LogP contribution in [0.25, 0.3) is 0 Å². The summed E-state index contributed by atoms with van der Waals surface area (Å²) in [5, 5.41) is 0. The number of alkyl halides is 2. The molecule has 0 aromatic carbocycles. The third-order valence-corrected chi connectivity index (χ3v) is 3.95. The molecule has 6 nitrogen and oxygen atoms in total. The highest BCUT2D eigenvalue weighted by Crippen LogP contribution is 2.25. The van der Waals surface area contributed by atoms with Crippen LogP contribution in [-0.2, 0) is 20.2 Å². The maximum absolute atomic E-state index is 12.5. The Labute approximate surface area is 66.7 Å². The van der Waals surface area contributed by atoms with Crippen molar-refractivity contribution in [2.24, 2.45) is 0 Å². The predicted octanol–water partition coefficient (Wildman–Crippen LogP) is -0.645. The van der Waals surface area contributed by atoms with Crippen molar-refractivity contribution in [3.05, 3.63) is 0 Å². The largest absolute Gasteiger partial charge is 0.385 e. The zero-order valence-electron chi connectivity index (χ0n) is 5.31. The Kier molecular flexibility index (Phi) is 2.79. The van der Waals surface area contributed by atoms with Gasteiger partial charge < -0.3 is 0 Å². The Morgan fingerprint density at radius 2 is 1.33 bits per heavy atom. The first-order valence-electron chi connectivity index (χ1n) is 2.25. The molecule has 0 amide bonds. The van der Waals surface area contributed by atoms with E-state index in [0.29, 0.717) is 0 Å². The highest BCUT2D eigenvalue weighted by Gasteiger charge is 2.56. The van der Waals surface area contributed by atoms with E-state index < -0.39 is 31.2 Å². The minimum absolute atomic E-state index is 2.59. The second kappa shape index (κ2) is 2.87. The van der Waals surface area contributed by atoms with Crippen molar-refractivity contribution in [1.29, 1.82) is 0 Å². The monoisotopic (exact) mass is 226 g/mol. The maximum atomic E-state index is 12.5. The number of hydrogen-bond donors (Lipinski definition) is 2. The SMILES string of the molecule is O=S(=O)(O)C(F)(CF)S(=O)(=O)O. The Hall–Kier alpha value is -0.320. The lowest BCUT2D eigenvalue weighted by atomic mass is 10.8. The Morgan fingerprint density at radius 1 is 1.08 bits per heavy atom. The molecule has 0 fully saturated rings. The van der Waals surface area contributed by atoms with Crippen LogP contribution in [0, 0.1) is 0 Å². The van der Waals surface area contributed by atoms with E-state index in [1.807, 2.05) is 0 Å². The van der Waals surface area contributed by atoms with Crippen molar-refractivity contribution in [1.82, 2.24) is 0 Å². The molecule has 0 radical (unpaired) electrons. The number of hydrogen-bond acceptors (Lipinski definition) is 4. The van der Waals surface area contributed by atoms with E-state index in [2.05, 4.69) is 0 Å². The fourth-order valence-electron chi connectivity index (χ4n) is 0.271. The van der Waals surface area contributed by atoms with Gasteiger partial charge >= 0.3 is 24.6 Å². The second-order valence-electron chi connectivity index (χ2n) is 1.74. The van der Waals surface area contributed by atoms with Crippen LogP contribution in [0.15, 0.2) is 0 Å². The van der Waals surface area contributed by atoms with Crippen LogP contribution in [0.5, 0.6) is 0 Å². The predicted molar refractivity (Wildman–Crippen MR) is 32.9 cm³/mol. The van der Waals surface area contributed by atoms with Crippen molar-refractivity contribution in [3.63, 3.8) is 0 Å². The highest BCUT2D eigenvalue weighted by molar-refractivity contribution is 8.05. The summed E-state index contributed by atoms with van der Waals surface area (Å²) < 4.78 is 74.9. The van der Waals surface area contributed by atoms with E-state index in [9.17, 15) is 25.6 Å². The van der Waals surface area contributed by atoms with Gasteiger partial charge in [-0.05, 0) is 0 Å². The standard InChI is InChI=1S/C2H4F2O6S2/c3-1-2(4,11(5,6)7)12(8,9)10/h1H2,(H,5,6,7)(H,8,9,10). The van der Waals surface area contributed by atoms with Crippen molar-refractivity contribution in [3.8, 4) is 0 Å². The fourth-order valence-corrected chi connectivity index (χ4v) is 1.61. The van der Waals surface area contributed by atoms with Gasteiger partial charge in [0.25, 0.3) is 0 Å². The van der Waals surface area contributed by atoms with Gasteiger partial charge in [-0.2, -0.15) is 21.2 Å². The smallest absolute Gasteiger partial charge is 0.282 e. The molecule has 0 heterocycles. The Morgan fingerprint density at radius 3 is 1.33 bits per heavy atom. The Bertz CT molecular complexity index is 321. The lowest BCUT2D eigenvalue weighted by Crippen LogP contribution is -2.43. The van der Waals surface area contributed by atoms with Crippen LogP contribution in [0.1, 0.15) is 0 Å². The summed E-state index contributed by atoms with van der Waals surface area (Å²) in [6.45, 7) is -2.59. The summed E-state index contributed by atoms with van der Waals surface area (Å²) >= 11 is 0. The molecule has 0 aliphatic carbocycles. The van der Waals surface area contributed by atoms with Gasteiger partial charge in [-0.1, -0.05) is 0 Å². The lowest BCUT2D eigenvalue weighted by molar-refractivity contribution is 0.250. The van der Waals surface area contributed by atoms with E-state index in [0.717, 1.165) is 0 Å². The minimum atomic E-state index is -5.85. The molecule has 0 aliphatic heterocycles.